The second kappa shape index (κ2) is 5.46. The number of carbonyl (C=O) groups excluding carboxylic acids is 2. The molecule has 3 N–H and O–H groups in total. The zero-order valence-corrected chi connectivity index (χ0v) is 10.5. The first-order valence-corrected chi connectivity index (χ1v) is 6.10. The zero-order chi connectivity index (χ0) is 13.0. The molecule has 0 saturated carbocycles. The van der Waals surface area contributed by atoms with Gasteiger partial charge in [0.25, 0.3) is 5.91 Å². The number of hydrogen-bond acceptors (Lipinski definition) is 4. The molecule has 2 amide bonds. The summed E-state index contributed by atoms with van der Waals surface area (Å²) in [5, 5.41) is 11.4. The number of anilines is 1. The Morgan fingerprint density at radius 3 is 2.83 bits per heavy atom. The molecule has 0 aliphatic rings. The third-order valence-electron chi connectivity index (χ3n) is 2.15. The van der Waals surface area contributed by atoms with E-state index in [1.54, 1.807) is 12.1 Å². The smallest absolute Gasteiger partial charge is 0.261 e. The Balaban J connectivity index is 1.81. The van der Waals surface area contributed by atoms with Crippen LogP contribution in [0.2, 0.25) is 0 Å². The molecule has 0 radical (unpaired) electrons. The number of nitrogens with one attached hydrogen (secondary N) is 3. The lowest BCUT2D eigenvalue weighted by Crippen LogP contribution is -2.32. The van der Waals surface area contributed by atoms with Crippen LogP contribution >= 0.6 is 11.3 Å². The first-order chi connectivity index (χ1) is 8.65. The van der Waals surface area contributed by atoms with Crippen molar-refractivity contribution in [3.8, 4) is 0 Å². The number of hydrogen-bond donors (Lipinski definition) is 3. The maximum Gasteiger partial charge on any atom is 0.261 e. The Kier molecular flexibility index (Phi) is 3.73. The van der Waals surface area contributed by atoms with Crippen LogP contribution in [0.4, 0.5) is 5.82 Å². The lowest BCUT2D eigenvalue weighted by Gasteiger charge is -2.03. The molecule has 2 aromatic heterocycles. The minimum Gasteiger partial charge on any atom is -0.342 e. The number of amides is 2. The predicted molar refractivity (Wildman–Crippen MR) is 68.6 cm³/mol. The largest absolute Gasteiger partial charge is 0.342 e. The SMILES string of the molecule is Cc1ccc(C(=O)NCC(=O)Nc2ccn[nH]2)s1. The second-order valence-electron chi connectivity index (χ2n) is 3.61. The molecule has 0 atom stereocenters. The van der Waals surface area contributed by atoms with E-state index in [0.29, 0.717) is 10.7 Å². The van der Waals surface area contributed by atoms with Gasteiger partial charge in [0.05, 0.1) is 17.6 Å². The van der Waals surface area contributed by atoms with Crippen LogP contribution in [-0.4, -0.2) is 28.6 Å². The van der Waals surface area contributed by atoms with E-state index < -0.39 is 0 Å². The number of nitrogens with zero attached hydrogens (tertiary/aromatic N) is 1. The van der Waals surface area contributed by atoms with Crippen molar-refractivity contribution in [2.75, 3.05) is 11.9 Å². The molecule has 0 aliphatic heterocycles. The maximum atomic E-state index is 11.7. The van der Waals surface area contributed by atoms with E-state index in [2.05, 4.69) is 20.8 Å². The lowest BCUT2D eigenvalue weighted by molar-refractivity contribution is -0.115. The van der Waals surface area contributed by atoms with Crippen molar-refractivity contribution in [1.29, 1.82) is 0 Å². The molecular formula is C11H12N4O2S. The minimum absolute atomic E-state index is 0.0746. The van der Waals surface area contributed by atoms with Gasteiger partial charge in [0.2, 0.25) is 5.91 Å². The maximum absolute atomic E-state index is 11.7. The number of aromatic amines is 1. The molecule has 0 aliphatic carbocycles. The van der Waals surface area contributed by atoms with Gasteiger partial charge >= 0.3 is 0 Å². The fourth-order valence-electron chi connectivity index (χ4n) is 1.32. The van der Waals surface area contributed by atoms with Gasteiger partial charge in [0.15, 0.2) is 0 Å². The van der Waals surface area contributed by atoms with Crippen molar-refractivity contribution in [3.05, 3.63) is 34.2 Å². The van der Waals surface area contributed by atoms with E-state index in [4.69, 9.17) is 0 Å². The molecule has 94 valence electrons. The van der Waals surface area contributed by atoms with Gasteiger partial charge in [-0.05, 0) is 19.1 Å². The van der Waals surface area contributed by atoms with E-state index in [-0.39, 0.29) is 18.4 Å². The Hall–Kier alpha value is -2.15. The summed E-state index contributed by atoms with van der Waals surface area (Å²) in [6.45, 7) is 1.85. The molecule has 2 rings (SSSR count). The van der Waals surface area contributed by atoms with Crippen LogP contribution in [0.1, 0.15) is 14.5 Å². The predicted octanol–water partition coefficient (Wildman–Crippen LogP) is 1.15. The van der Waals surface area contributed by atoms with Crippen molar-refractivity contribution in [2.24, 2.45) is 0 Å². The Labute approximate surface area is 107 Å². The molecule has 2 aromatic rings. The number of H-pyrrole nitrogens is 1. The molecule has 0 spiro atoms. The highest BCUT2D eigenvalue weighted by atomic mass is 32.1. The first kappa shape index (κ1) is 12.3. The van der Waals surface area contributed by atoms with Gasteiger partial charge in [-0.25, -0.2) is 0 Å². The van der Waals surface area contributed by atoms with Gasteiger partial charge in [-0.1, -0.05) is 0 Å². The van der Waals surface area contributed by atoms with E-state index in [9.17, 15) is 9.59 Å². The van der Waals surface area contributed by atoms with Crippen LogP contribution < -0.4 is 10.6 Å². The molecule has 0 saturated heterocycles. The summed E-state index contributed by atoms with van der Waals surface area (Å²) < 4.78 is 0. The molecule has 7 heteroatoms. The molecule has 0 bridgehead atoms. The van der Waals surface area contributed by atoms with Crippen LogP contribution in [0.5, 0.6) is 0 Å². The number of aromatic nitrogens is 2. The zero-order valence-electron chi connectivity index (χ0n) is 9.69. The van der Waals surface area contributed by atoms with E-state index in [1.807, 2.05) is 13.0 Å². The fraction of sp³-hybridized carbons (Fsp3) is 0.182. The number of rotatable bonds is 4. The van der Waals surface area contributed by atoms with Gasteiger partial charge in [-0.15, -0.1) is 11.3 Å². The molecule has 2 heterocycles. The summed E-state index contributed by atoms with van der Waals surface area (Å²) in [4.78, 5) is 24.8. The standard InChI is InChI=1S/C11H12N4O2S/c1-7-2-3-8(18-7)11(17)12-6-10(16)14-9-4-5-13-15-9/h2-5H,6H2,1H3,(H,12,17)(H2,13,14,15,16). The highest BCUT2D eigenvalue weighted by molar-refractivity contribution is 7.13. The molecule has 0 aromatic carbocycles. The lowest BCUT2D eigenvalue weighted by atomic mass is 10.4. The van der Waals surface area contributed by atoms with Gasteiger partial charge in [-0.3, -0.25) is 14.7 Å². The third kappa shape index (κ3) is 3.17. The molecular weight excluding hydrogens is 252 g/mol. The third-order valence-corrected chi connectivity index (χ3v) is 3.15. The van der Waals surface area contributed by atoms with E-state index in [0.717, 1.165) is 4.88 Å². The molecule has 0 unspecified atom stereocenters. The summed E-state index contributed by atoms with van der Waals surface area (Å²) in [6, 6.07) is 5.23. The average Bonchev–Trinajstić information content (AvgIpc) is 2.97. The Morgan fingerprint density at radius 1 is 1.39 bits per heavy atom. The van der Waals surface area contributed by atoms with Crippen molar-refractivity contribution < 1.29 is 9.59 Å². The molecule has 0 fully saturated rings. The monoisotopic (exact) mass is 264 g/mol. The number of carbonyl (C=O) groups is 2. The highest BCUT2D eigenvalue weighted by Gasteiger charge is 2.10. The minimum atomic E-state index is -0.305. The normalized spacial score (nSPS) is 10.1. The van der Waals surface area contributed by atoms with Crippen LogP contribution in [-0.2, 0) is 4.79 Å². The molecule has 6 nitrogen and oxygen atoms in total. The molecule has 18 heavy (non-hydrogen) atoms. The first-order valence-electron chi connectivity index (χ1n) is 5.29. The van der Waals surface area contributed by atoms with Crippen LogP contribution in [0.3, 0.4) is 0 Å². The topological polar surface area (TPSA) is 86.9 Å². The summed E-state index contributed by atoms with van der Waals surface area (Å²) in [5.74, 6) is -0.0463. The average molecular weight is 264 g/mol. The number of thiophene rings is 1. The van der Waals surface area contributed by atoms with Gasteiger partial charge in [0.1, 0.15) is 5.82 Å². The van der Waals surface area contributed by atoms with Crippen molar-refractivity contribution in [2.45, 2.75) is 6.92 Å². The van der Waals surface area contributed by atoms with Crippen LogP contribution in [0.15, 0.2) is 24.4 Å². The number of aryl methyl sites for hydroxylation is 1. The van der Waals surface area contributed by atoms with E-state index in [1.165, 1.54) is 17.5 Å². The highest BCUT2D eigenvalue weighted by Crippen LogP contribution is 2.14. The Bertz CT molecular complexity index is 547. The van der Waals surface area contributed by atoms with Gasteiger partial charge < -0.3 is 10.6 Å². The summed E-state index contributed by atoms with van der Waals surface area (Å²) in [7, 11) is 0. The summed E-state index contributed by atoms with van der Waals surface area (Å²) >= 11 is 1.39. The van der Waals surface area contributed by atoms with Crippen molar-refractivity contribution in [3.63, 3.8) is 0 Å². The van der Waals surface area contributed by atoms with Crippen molar-refractivity contribution >= 4 is 29.0 Å². The van der Waals surface area contributed by atoms with Crippen LogP contribution in [0.25, 0.3) is 0 Å². The van der Waals surface area contributed by atoms with Crippen LogP contribution in [0, 0.1) is 6.92 Å². The van der Waals surface area contributed by atoms with Gasteiger partial charge in [0, 0.05) is 10.9 Å². The van der Waals surface area contributed by atoms with Crippen molar-refractivity contribution in [1.82, 2.24) is 15.5 Å². The summed E-state index contributed by atoms with van der Waals surface area (Å²) in [6.07, 6.45) is 1.53. The summed E-state index contributed by atoms with van der Waals surface area (Å²) in [5.41, 5.74) is 0. The Morgan fingerprint density at radius 2 is 2.22 bits per heavy atom. The van der Waals surface area contributed by atoms with E-state index >= 15 is 0 Å². The van der Waals surface area contributed by atoms with Gasteiger partial charge in [-0.2, -0.15) is 5.10 Å². The fourth-order valence-corrected chi connectivity index (χ4v) is 2.11. The second-order valence-corrected chi connectivity index (χ2v) is 4.90. The quantitative estimate of drug-likeness (QED) is 0.774.